The second kappa shape index (κ2) is 10.9. The van der Waals surface area contributed by atoms with Gasteiger partial charge in [0.05, 0.1) is 29.4 Å². The van der Waals surface area contributed by atoms with E-state index in [1.807, 2.05) is 0 Å². The molecule has 1 aromatic carbocycles. The molecule has 16 heteroatoms. The minimum absolute atomic E-state index is 0.0193. The van der Waals surface area contributed by atoms with Gasteiger partial charge in [-0.1, -0.05) is 0 Å². The molecule has 2 atom stereocenters. The van der Waals surface area contributed by atoms with E-state index in [1.165, 1.54) is 30.5 Å². The lowest BCUT2D eigenvalue weighted by atomic mass is 10.1. The van der Waals surface area contributed by atoms with E-state index in [4.69, 9.17) is 10.8 Å². The van der Waals surface area contributed by atoms with Crippen molar-refractivity contribution < 1.29 is 29.4 Å². The van der Waals surface area contributed by atoms with Gasteiger partial charge in [0.2, 0.25) is 5.91 Å². The molecule has 0 fully saturated rings. The number of aromatic nitrogens is 2. The van der Waals surface area contributed by atoms with Crippen molar-refractivity contribution in [1.82, 2.24) is 25.5 Å². The third-order valence-corrected chi connectivity index (χ3v) is 5.44. The van der Waals surface area contributed by atoms with Gasteiger partial charge in [0.25, 0.3) is 11.8 Å². The molecule has 0 saturated carbocycles. The molecule has 7 N–H and O–H groups in total. The zero-order valence-corrected chi connectivity index (χ0v) is 19.8. The number of aliphatic carboxylic acids is 2. The highest BCUT2D eigenvalue weighted by atomic mass is 16.4. The summed E-state index contributed by atoms with van der Waals surface area (Å²) in [6.45, 7) is -0.152. The Labute approximate surface area is 209 Å². The number of amides is 2. The molecule has 1 aliphatic rings. The van der Waals surface area contributed by atoms with Gasteiger partial charge in [-0.2, -0.15) is 0 Å². The van der Waals surface area contributed by atoms with Crippen molar-refractivity contribution in [1.29, 1.82) is 0 Å². The Morgan fingerprint density at radius 3 is 2.43 bits per heavy atom. The first-order valence-corrected chi connectivity index (χ1v) is 10.8. The average Bonchev–Trinajstić information content (AvgIpc) is 2.85. The quantitative estimate of drug-likeness (QED) is 0.126. The zero-order chi connectivity index (χ0) is 27.3. The summed E-state index contributed by atoms with van der Waals surface area (Å²) in [4.78, 5) is 68.4. The van der Waals surface area contributed by atoms with Gasteiger partial charge in [-0.05, 0) is 44.8 Å². The molecule has 0 saturated heterocycles. The first kappa shape index (κ1) is 26.9. The van der Waals surface area contributed by atoms with Crippen molar-refractivity contribution in [3.8, 4) is 0 Å². The van der Waals surface area contributed by atoms with Crippen molar-refractivity contribution in [2.24, 2.45) is 11.0 Å². The van der Waals surface area contributed by atoms with Crippen molar-refractivity contribution in [3.05, 3.63) is 52.3 Å². The molecular weight excluding hydrogens is 490 g/mol. The van der Waals surface area contributed by atoms with Crippen LogP contribution in [0.5, 0.6) is 0 Å². The third-order valence-electron chi connectivity index (χ3n) is 5.44. The van der Waals surface area contributed by atoms with Gasteiger partial charge in [0.1, 0.15) is 6.04 Å². The predicted octanol–water partition coefficient (Wildman–Crippen LogP) is -0.501. The maximum absolute atomic E-state index is 12.5. The Hall–Kier alpha value is -4.70. The van der Waals surface area contributed by atoms with Gasteiger partial charge in [0.15, 0.2) is 11.5 Å². The second-order valence-electron chi connectivity index (χ2n) is 8.28. The summed E-state index contributed by atoms with van der Waals surface area (Å²) < 4.78 is 0. The Kier molecular flexibility index (Phi) is 7.94. The number of nitrogens with one attached hydrogen (secondary N) is 3. The van der Waals surface area contributed by atoms with Crippen LogP contribution in [0.15, 0.2) is 35.7 Å². The van der Waals surface area contributed by atoms with Gasteiger partial charge in [0, 0.05) is 12.0 Å². The first-order valence-electron chi connectivity index (χ1n) is 10.8. The molecule has 0 aliphatic carbocycles. The molecule has 2 amide bonds. The van der Waals surface area contributed by atoms with E-state index >= 15 is 0 Å². The van der Waals surface area contributed by atoms with Crippen LogP contribution in [0.1, 0.15) is 39.4 Å². The van der Waals surface area contributed by atoms with Crippen LogP contribution in [0, 0.1) is 4.91 Å². The minimum atomic E-state index is -1.38. The fraction of sp³-hybridized carbons (Fsp3) is 0.333. The standard InChI is InChI=1S/C21H25N9O7/c1-29(2)21(22)26-17-16(19(34)27-21)24-12(9-23-17)10-30(28-37)13-5-3-11(4-6-13)18(33)25-14(20(35)36)7-8-15(31)32/h3-6,9,14H,7-8,10,22H2,1-2H3,(H,23,26)(H,25,33)(H,27,34)(H,31,32)(H,35,36)/t14-,21?/m0/s1. The van der Waals surface area contributed by atoms with Crippen molar-refractivity contribution in [2.45, 2.75) is 31.3 Å². The monoisotopic (exact) mass is 515 g/mol. The Bertz CT molecular complexity index is 1220. The molecule has 37 heavy (non-hydrogen) atoms. The van der Waals surface area contributed by atoms with Crippen LogP contribution in [0.25, 0.3) is 0 Å². The molecule has 3 rings (SSSR count). The molecule has 0 radical (unpaired) electrons. The van der Waals surface area contributed by atoms with Gasteiger partial charge in [-0.25, -0.2) is 19.8 Å². The summed E-state index contributed by atoms with van der Waals surface area (Å²) >= 11 is 0. The smallest absolute Gasteiger partial charge is 0.326 e. The van der Waals surface area contributed by atoms with Crippen molar-refractivity contribution in [2.75, 3.05) is 24.4 Å². The fourth-order valence-corrected chi connectivity index (χ4v) is 3.29. The largest absolute Gasteiger partial charge is 0.481 e. The lowest BCUT2D eigenvalue weighted by Gasteiger charge is -2.40. The number of carboxylic acid groups (broad SMARTS) is 2. The molecular formula is C21H25N9O7. The molecule has 1 aliphatic heterocycles. The summed E-state index contributed by atoms with van der Waals surface area (Å²) in [7, 11) is 3.32. The minimum Gasteiger partial charge on any atom is -0.481 e. The Balaban J connectivity index is 1.71. The number of carboxylic acids is 2. The van der Waals surface area contributed by atoms with Crippen LogP contribution >= 0.6 is 0 Å². The van der Waals surface area contributed by atoms with Crippen LogP contribution in [0.3, 0.4) is 0 Å². The maximum atomic E-state index is 12.5. The number of nitroso groups, excluding NO2 is 1. The van der Waals surface area contributed by atoms with Gasteiger partial charge >= 0.3 is 11.9 Å². The Morgan fingerprint density at radius 1 is 1.19 bits per heavy atom. The van der Waals surface area contributed by atoms with Gasteiger partial charge < -0.3 is 26.2 Å². The van der Waals surface area contributed by atoms with E-state index in [0.717, 1.165) is 5.01 Å². The summed E-state index contributed by atoms with van der Waals surface area (Å²) in [5, 5.41) is 29.6. The number of anilines is 2. The number of benzene rings is 1. The molecule has 2 heterocycles. The highest BCUT2D eigenvalue weighted by Crippen LogP contribution is 2.22. The molecule has 16 nitrogen and oxygen atoms in total. The number of carbonyl (C=O) groups excluding carboxylic acids is 2. The second-order valence-corrected chi connectivity index (χ2v) is 8.28. The lowest BCUT2D eigenvalue weighted by molar-refractivity contribution is -0.140. The predicted molar refractivity (Wildman–Crippen MR) is 128 cm³/mol. The molecule has 1 aromatic heterocycles. The number of fused-ring (bicyclic) bond motifs is 1. The van der Waals surface area contributed by atoms with E-state index < -0.39 is 42.1 Å². The molecule has 1 unspecified atom stereocenters. The summed E-state index contributed by atoms with van der Waals surface area (Å²) in [6, 6.07) is 4.12. The van der Waals surface area contributed by atoms with Crippen LogP contribution in [0.4, 0.5) is 11.5 Å². The van der Waals surface area contributed by atoms with Crippen molar-refractivity contribution in [3.63, 3.8) is 0 Å². The average molecular weight is 515 g/mol. The number of carbonyl (C=O) groups is 4. The third kappa shape index (κ3) is 6.30. The SMILES string of the molecule is CN(C)C1(N)NC(=O)c2nc(CN(N=O)c3ccc(C(=O)N[C@@H](CCC(=O)O)C(=O)O)cc3)cnc2N1. The first-order chi connectivity index (χ1) is 17.4. The molecule has 196 valence electrons. The lowest BCUT2D eigenvalue weighted by Crippen LogP contribution is -2.71. The fourth-order valence-electron chi connectivity index (χ4n) is 3.29. The van der Waals surface area contributed by atoms with Crippen LogP contribution < -0.4 is 26.7 Å². The van der Waals surface area contributed by atoms with Crippen LogP contribution in [0.2, 0.25) is 0 Å². The van der Waals surface area contributed by atoms with Gasteiger partial charge in [-0.15, -0.1) is 4.91 Å². The van der Waals surface area contributed by atoms with E-state index in [9.17, 15) is 29.2 Å². The number of hydrogen-bond donors (Lipinski definition) is 6. The highest BCUT2D eigenvalue weighted by Gasteiger charge is 2.38. The Morgan fingerprint density at radius 2 is 1.86 bits per heavy atom. The topological polar surface area (TPSA) is 233 Å². The number of nitrogens with two attached hydrogens (primary N) is 1. The van der Waals surface area contributed by atoms with E-state index in [0.29, 0.717) is 0 Å². The van der Waals surface area contributed by atoms with E-state index in [1.54, 1.807) is 19.0 Å². The van der Waals surface area contributed by atoms with Gasteiger partial charge in [-0.3, -0.25) is 25.0 Å². The summed E-state index contributed by atoms with van der Waals surface area (Å²) in [5.74, 6) is -5.05. The zero-order valence-electron chi connectivity index (χ0n) is 19.8. The normalized spacial score (nSPS) is 17.1. The van der Waals surface area contributed by atoms with E-state index in [2.05, 4.69) is 31.2 Å². The van der Waals surface area contributed by atoms with Crippen LogP contribution in [-0.4, -0.2) is 74.9 Å². The molecule has 0 bridgehead atoms. The maximum Gasteiger partial charge on any atom is 0.326 e. The number of nitrogens with zero attached hydrogens (tertiary/aromatic N) is 5. The summed E-state index contributed by atoms with van der Waals surface area (Å²) in [6.07, 6.45) is 0.639. The van der Waals surface area contributed by atoms with E-state index in [-0.39, 0.29) is 41.4 Å². The van der Waals surface area contributed by atoms with Crippen LogP contribution in [-0.2, 0) is 16.1 Å². The number of rotatable bonds is 11. The molecule has 2 aromatic rings. The molecule has 0 spiro atoms. The highest BCUT2D eigenvalue weighted by molar-refractivity contribution is 5.99. The van der Waals surface area contributed by atoms with Crippen molar-refractivity contribution >= 4 is 35.3 Å². The number of hydrogen-bond acceptors (Lipinski definition) is 11. The summed E-state index contributed by atoms with van der Waals surface area (Å²) in [5.41, 5.74) is 6.68.